The van der Waals surface area contributed by atoms with Crippen molar-refractivity contribution >= 4 is 15.7 Å². The van der Waals surface area contributed by atoms with Crippen LogP contribution in [0.3, 0.4) is 0 Å². The molecule has 4 nitrogen and oxygen atoms in total. The molecule has 0 amide bonds. The molecule has 0 atom stereocenters. The molecule has 0 unspecified atom stereocenters. The first kappa shape index (κ1) is 20.8. The third-order valence-corrected chi connectivity index (χ3v) is 5.70. The molecule has 0 aliphatic heterocycles. The molecule has 0 saturated carbocycles. The maximum absolute atomic E-state index is 12.8. The Balaban J connectivity index is 2.32. The Morgan fingerprint density at radius 2 is 1.54 bits per heavy atom. The summed E-state index contributed by atoms with van der Waals surface area (Å²) in [7, 11) is -3.35. The molecule has 1 aromatic carbocycles. The number of para-hydroxylation sites is 1. The van der Waals surface area contributed by atoms with Crippen LogP contribution in [0.4, 0.5) is 18.9 Å². The average Bonchev–Trinajstić information content (AvgIpc) is 2.44. The van der Waals surface area contributed by atoms with Gasteiger partial charge in [-0.15, -0.1) is 0 Å². The number of benzene rings is 1. The molecule has 138 valence electrons. The van der Waals surface area contributed by atoms with Crippen LogP contribution < -0.4 is 10.0 Å². The van der Waals surface area contributed by atoms with Crippen LogP contribution >= 0.6 is 0 Å². The Morgan fingerprint density at radius 3 is 2.12 bits per heavy atom. The van der Waals surface area contributed by atoms with E-state index in [1.165, 1.54) is 12.1 Å². The Kier molecular flexibility index (Phi) is 7.10. The fourth-order valence-corrected chi connectivity index (χ4v) is 2.80. The predicted octanol–water partition coefficient (Wildman–Crippen LogP) is 4.01. The van der Waals surface area contributed by atoms with E-state index in [2.05, 4.69) is 10.0 Å². The van der Waals surface area contributed by atoms with Gasteiger partial charge in [0.1, 0.15) is 0 Å². The molecular weight excluding hydrogens is 341 g/mol. The van der Waals surface area contributed by atoms with Crippen LogP contribution in [0, 0.1) is 0 Å². The van der Waals surface area contributed by atoms with Crippen molar-refractivity contribution in [1.29, 1.82) is 0 Å². The average molecular weight is 366 g/mol. The maximum atomic E-state index is 12.8. The number of hydrogen-bond donors (Lipinski definition) is 2. The van der Waals surface area contributed by atoms with E-state index in [-0.39, 0.29) is 5.69 Å². The molecule has 0 aliphatic carbocycles. The van der Waals surface area contributed by atoms with Crippen molar-refractivity contribution < 1.29 is 21.6 Å². The number of hydrogen-bond acceptors (Lipinski definition) is 3. The van der Waals surface area contributed by atoms with Crippen LogP contribution in [0.1, 0.15) is 45.6 Å². The van der Waals surface area contributed by atoms with E-state index < -0.39 is 26.5 Å². The minimum atomic E-state index is -4.38. The molecule has 0 heterocycles. The highest BCUT2D eigenvalue weighted by atomic mass is 32.2. The smallest absolute Gasteiger partial charge is 0.385 e. The summed E-state index contributed by atoms with van der Waals surface area (Å²) < 4.78 is 63.8. The first-order chi connectivity index (χ1) is 11.0. The number of sulfonamides is 1. The highest BCUT2D eigenvalue weighted by molar-refractivity contribution is 7.90. The highest BCUT2D eigenvalue weighted by Crippen LogP contribution is 2.34. The van der Waals surface area contributed by atoms with Crippen LogP contribution in [0.5, 0.6) is 0 Å². The second kappa shape index (κ2) is 8.20. The van der Waals surface area contributed by atoms with Crippen LogP contribution in [0.25, 0.3) is 0 Å². The first-order valence-corrected chi connectivity index (χ1v) is 9.33. The summed E-state index contributed by atoms with van der Waals surface area (Å²) in [4.78, 5) is 0. The lowest BCUT2D eigenvalue weighted by atomic mass is 10.1. The second-order valence-corrected chi connectivity index (χ2v) is 9.06. The van der Waals surface area contributed by atoms with Gasteiger partial charge in [-0.3, -0.25) is 0 Å². The van der Waals surface area contributed by atoms with Crippen LogP contribution in [0.2, 0.25) is 0 Å². The van der Waals surface area contributed by atoms with Crippen LogP contribution in [0.15, 0.2) is 24.3 Å². The summed E-state index contributed by atoms with van der Waals surface area (Å²) in [5.41, 5.74) is -0.610. The molecule has 0 radical (unpaired) electrons. The Hall–Kier alpha value is -1.28. The molecule has 0 aliphatic rings. The lowest BCUT2D eigenvalue weighted by molar-refractivity contribution is -0.136. The van der Waals surface area contributed by atoms with E-state index in [0.717, 1.165) is 6.07 Å². The van der Waals surface area contributed by atoms with Gasteiger partial charge in [-0.05, 0) is 45.7 Å². The molecular formula is C16H25F3N2O2S. The lowest BCUT2D eigenvalue weighted by Crippen LogP contribution is -2.39. The van der Waals surface area contributed by atoms with Crippen LogP contribution in [-0.2, 0) is 16.2 Å². The van der Waals surface area contributed by atoms with Gasteiger partial charge in [0.2, 0.25) is 10.0 Å². The minimum Gasteiger partial charge on any atom is -0.385 e. The van der Waals surface area contributed by atoms with E-state index in [9.17, 15) is 21.6 Å². The van der Waals surface area contributed by atoms with Crippen molar-refractivity contribution in [3.05, 3.63) is 29.8 Å². The van der Waals surface area contributed by atoms with Gasteiger partial charge in [0.25, 0.3) is 0 Å². The quantitative estimate of drug-likeness (QED) is 0.684. The van der Waals surface area contributed by atoms with E-state index >= 15 is 0 Å². The van der Waals surface area contributed by atoms with Gasteiger partial charge in [0.15, 0.2) is 0 Å². The van der Waals surface area contributed by atoms with Crippen LogP contribution in [-0.4, -0.2) is 26.3 Å². The molecule has 0 saturated heterocycles. The maximum Gasteiger partial charge on any atom is 0.418 e. The van der Waals surface area contributed by atoms with Gasteiger partial charge in [-0.2, -0.15) is 13.2 Å². The molecule has 1 aromatic rings. The topological polar surface area (TPSA) is 58.2 Å². The standard InChI is InChI=1S/C16H25F3N2O2S/c1-15(2,3)24(22,23)21-12-8-4-7-11-20-14-10-6-5-9-13(14)16(17,18)19/h5-6,9-10,20-21H,4,7-8,11-12H2,1-3H3. The summed E-state index contributed by atoms with van der Waals surface area (Å²) >= 11 is 0. The summed E-state index contributed by atoms with van der Waals surface area (Å²) in [5.74, 6) is 0. The van der Waals surface area contributed by atoms with Gasteiger partial charge in [-0.25, -0.2) is 13.1 Å². The number of rotatable bonds is 8. The molecule has 8 heteroatoms. The monoisotopic (exact) mass is 366 g/mol. The zero-order valence-electron chi connectivity index (χ0n) is 14.2. The van der Waals surface area contributed by atoms with Crippen molar-refractivity contribution in [2.24, 2.45) is 0 Å². The van der Waals surface area contributed by atoms with E-state index in [0.29, 0.717) is 32.4 Å². The van der Waals surface area contributed by atoms with Crippen molar-refractivity contribution in [3.8, 4) is 0 Å². The Labute approximate surface area is 141 Å². The minimum absolute atomic E-state index is 0.0680. The molecule has 1 rings (SSSR count). The molecule has 0 aromatic heterocycles. The zero-order valence-corrected chi connectivity index (χ0v) is 15.0. The molecule has 2 N–H and O–H groups in total. The second-order valence-electron chi connectivity index (χ2n) is 6.54. The predicted molar refractivity (Wildman–Crippen MR) is 90.5 cm³/mol. The molecule has 24 heavy (non-hydrogen) atoms. The number of unbranched alkanes of at least 4 members (excludes halogenated alkanes) is 2. The van der Waals surface area contributed by atoms with E-state index in [1.54, 1.807) is 26.8 Å². The largest absolute Gasteiger partial charge is 0.418 e. The third-order valence-electron chi connectivity index (χ3n) is 3.50. The fraction of sp³-hybridized carbons (Fsp3) is 0.625. The number of anilines is 1. The summed E-state index contributed by atoms with van der Waals surface area (Å²) in [6.07, 6.45) is -2.37. The normalized spacial score (nSPS) is 13.1. The summed E-state index contributed by atoms with van der Waals surface area (Å²) in [5, 5.41) is 2.79. The van der Waals surface area contributed by atoms with Gasteiger partial charge in [0, 0.05) is 18.8 Å². The molecule has 0 fully saturated rings. The lowest BCUT2D eigenvalue weighted by Gasteiger charge is -2.19. The summed E-state index contributed by atoms with van der Waals surface area (Å²) in [6, 6.07) is 5.36. The Morgan fingerprint density at radius 1 is 0.958 bits per heavy atom. The zero-order chi connectivity index (χ0) is 18.4. The summed E-state index contributed by atoms with van der Waals surface area (Å²) in [6.45, 7) is 5.60. The number of nitrogens with one attached hydrogen (secondary N) is 2. The third kappa shape index (κ3) is 6.32. The molecule has 0 bridgehead atoms. The van der Waals surface area contributed by atoms with Gasteiger partial charge < -0.3 is 5.32 Å². The van der Waals surface area contributed by atoms with Crippen molar-refractivity contribution in [2.75, 3.05) is 18.4 Å². The Bertz CT molecular complexity index is 623. The van der Waals surface area contributed by atoms with E-state index in [4.69, 9.17) is 0 Å². The van der Waals surface area contributed by atoms with Gasteiger partial charge in [0.05, 0.1) is 10.3 Å². The SMILES string of the molecule is CC(C)(C)S(=O)(=O)NCCCCCNc1ccccc1C(F)(F)F. The number of alkyl halides is 3. The first-order valence-electron chi connectivity index (χ1n) is 7.84. The van der Waals surface area contributed by atoms with Crippen molar-refractivity contribution in [1.82, 2.24) is 4.72 Å². The van der Waals surface area contributed by atoms with Gasteiger partial charge >= 0.3 is 6.18 Å². The van der Waals surface area contributed by atoms with E-state index in [1.807, 2.05) is 0 Å². The highest BCUT2D eigenvalue weighted by Gasteiger charge is 2.33. The van der Waals surface area contributed by atoms with Gasteiger partial charge in [-0.1, -0.05) is 18.6 Å². The number of halogens is 3. The fourth-order valence-electron chi connectivity index (χ4n) is 1.96. The van der Waals surface area contributed by atoms with Crippen molar-refractivity contribution in [2.45, 2.75) is 51.0 Å². The van der Waals surface area contributed by atoms with Crippen molar-refractivity contribution in [3.63, 3.8) is 0 Å². The molecule has 0 spiro atoms.